The average molecular weight is 270 g/mol. The van der Waals surface area contributed by atoms with E-state index in [9.17, 15) is 0 Å². The van der Waals surface area contributed by atoms with Gasteiger partial charge in [0.2, 0.25) is 0 Å². The molecule has 0 radical (unpaired) electrons. The van der Waals surface area contributed by atoms with Crippen LogP contribution in [-0.4, -0.2) is 9.97 Å². The molecule has 3 rings (SSSR count). The second kappa shape index (κ2) is 5.16. The van der Waals surface area contributed by atoms with E-state index in [1.165, 1.54) is 0 Å². The van der Waals surface area contributed by atoms with Crippen LogP contribution in [0.4, 0.5) is 5.69 Å². The maximum Gasteiger partial charge on any atom is 0.137 e. The molecule has 0 atom stereocenters. The Kier molecular flexibility index (Phi) is 3.21. The molecule has 94 valence electrons. The first-order chi connectivity index (χ1) is 9.36. The third-order valence-electron chi connectivity index (χ3n) is 2.91. The molecule has 2 aromatic carbocycles. The predicted octanol–water partition coefficient (Wildman–Crippen LogP) is 4.31. The second-order valence-electron chi connectivity index (χ2n) is 4.19. The Hall–Kier alpha value is -2.26. The fraction of sp³-hybridized carbons (Fsp3) is 0. The molecule has 3 nitrogen and oxygen atoms in total. The summed E-state index contributed by atoms with van der Waals surface area (Å²) in [6, 6.07) is 17.9. The molecule has 0 spiro atoms. The quantitative estimate of drug-likeness (QED) is 0.696. The fourth-order valence-electron chi connectivity index (χ4n) is 1.96. The Morgan fingerprint density at radius 3 is 2.53 bits per heavy atom. The molecule has 19 heavy (non-hydrogen) atoms. The molecule has 0 aliphatic carbocycles. The highest BCUT2D eigenvalue weighted by atomic mass is 35.5. The lowest BCUT2D eigenvalue weighted by Gasteiger charge is -2.01. The lowest BCUT2D eigenvalue weighted by atomic mass is 10.2. The lowest BCUT2D eigenvalue weighted by Crippen LogP contribution is -1.84. The maximum atomic E-state index is 5.61. The van der Waals surface area contributed by atoms with Gasteiger partial charge in [0.05, 0.1) is 11.9 Å². The number of hydrogen-bond acceptors (Lipinski definition) is 2. The van der Waals surface area contributed by atoms with Crippen LogP contribution in [0.5, 0.6) is 0 Å². The van der Waals surface area contributed by atoms with E-state index in [0.29, 0.717) is 0 Å². The van der Waals surface area contributed by atoms with Gasteiger partial charge in [0, 0.05) is 23.0 Å². The van der Waals surface area contributed by atoms with Crippen molar-refractivity contribution in [1.82, 2.24) is 9.97 Å². The lowest BCUT2D eigenvalue weighted by molar-refractivity contribution is 1.31. The van der Waals surface area contributed by atoms with Gasteiger partial charge in [-0.25, -0.2) is 4.98 Å². The average Bonchev–Trinajstić information content (AvgIpc) is 2.98. The van der Waals surface area contributed by atoms with Crippen molar-refractivity contribution in [3.05, 3.63) is 60.8 Å². The molecular weight excluding hydrogens is 258 g/mol. The highest BCUT2D eigenvalue weighted by Gasteiger charge is 2.05. The molecule has 0 aliphatic rings. The first-order valence-electron chi connectivity index (χ1n) is 5.94. The smallest absolute Gasteiger partial charge is 0.137 e. The first kappa shape index (κ1) is 11.8. The number of halogens is 1. The summed E-state index contributed by atoms with van der Waals surface area (Å²) in [5, 5.41) is 0. The SMILES string of the molecule is ClNc1cccc(-c2ncc(-c3ccccc3)[nH]2)c1. The van der Waals surface area contributed by atoms with Crippen molar-refractivity contribution in [3.8, 4) is 22.6 Å². The number of anilines is 1. The van der Waals surface area contributed by atoms with Gasteiger partial charge >= 0.3 is 0 Å². The largest absolute Gasteiger partial charge is 0.338 e. The van der Waals surface area contributed by atoms with Gasteiger partial charge in [0.25, 0.3) is 0 Å². The molecule has 3 aromatic rings. The van der Waals surface area contributed by atoms with Crippen molar-refractivity contribution in [2.24, 2.45) is 0 Å². The van der Waals surface area contributed by atoms with Crippen LogP contribution in [0.2, 0.25) is 0 Å². The summed E-state index contributed by atoms with van der Waals surface area (Å²) in [5.74, 6) is 0.826. The summed E-state index contributed by atoms with van der Waals surface area (Å²) in [6.45, 7) is 0. The van der Waals surface area contributed by atoms with Crippen molar-refractivity contribution in [2.75, 3.05) is 4.84 Å². The highest BCUT2D eigenvalue weighted by Crippen LogP contribution is 2.24. The van der Waals surface area contributed by atoms with Gasteiger partial charge < -0.3 is 4.98 Å². The second-order valence-corrected chi connectivity index (χ2v) is 4.38. The van der Waals surface area contributed by atoms with Gasteiger partial charge in [-0.05, 0) is 17.7 Å². The van der Waals surface area contributed by atoms with Crippen LogP contribution in [-0.2, 0) is 0 Å². The van der Waals surface area contributed by atoms with Crippen LogP contribution in [0.15, 0.2) is 60.8 Å². The summed E-state index contributed by atoms with van der Waals surface area (Å²) in [5.41, 5.74) is 3.96. The van der Waals surface area contributed by atoms with Crippen LogP contribution < -0.4 is 4.84 Å². The Bertz CT molecular complexity index is 677. The number of nitrogens with one attached hydrogen (secondary N) is 2. The van der Waals surface area contributed by atoms with E-state index < -0.39 is 0 Å². The van der Waals surface area contributed by atoms with E-state index in [4.69, 9.17) is 11.8 Å². The zero-order valence-electron chi connectivity index (χ0n) is 10.1. The summed E-state index contributed by atoms with van der Waals surface area (Å²) in [4.78, 5) is 10.3. The number of rotatable bonds is 3. The molecule has 0 amide bonds. The van der Waals surface area contributed by atoms with Gasteiger partial charge in [0.15, 0.2) is 0 Å². The van der Waals surface area contributed by atoms with Gasteiger partial charge in [-0.3, -0.25) is 4.84 Å². The minimum Gasteiger partial charge on any atom is -0.338 e. The molecule has 0 unspecified atom stereocenters. The van der Waals surface area contributed by atoms with Crippen LogP contribution in [0, 0.1) is 0 Å². The van der Waals surface area contributed by atoms with Gasteiger partial charge in [-0.2, -0.15) is 0 Å². The molecule has 1 aromatic heterocycles. The molecule has 1 heterocycles. The van der Waals surface area contributed by atoms with E-state index in [2.05, 4.69) is 14.8 Å². The number of aromatic nitrogens is 2. The molecule has 0 saturated carbocycles. The van der Waals surface area contributed by atoms with E-state index in [1.54, 1.807) is 0 Å². The third-order valence-corrected chi connectivity index (χ3v) is 3.12. The van der Waals surface area contributed by atoms with E-state index in [0.717, 1.165) is 28.3 Å². The maximum absolute atomic E-state index is 5.61. The summed E-state index contributed by atoms with van der Waals surface area (Å²) in [6.07, 6.45) is 1.84. The Morgan fingerprint density at radius 2 is 1.74 bits per heavy atom. The standard InChI is InChI=1S/C15H12ClN3/c16-19-13-8-4-7-12(9-13)15-17-10-14(18-15)11-5-2-1-3-6-11/h1-10,19H,(H,17,18). The zero-order chi connectivity index (χ0) is 13.1. The fourth-order valence-corrected chi connectivity index (χ4v) is 2.08. The minimum absolute atomic E-state index is 0.826. The van der Waals surface area contributed by atoms with Crippen LogP contribution >= 0.6 is 11.8 Å². The van der Waals surface area contributed by atoms with Crippen molar-refractivity contribution < 1.29 is 0 Å². The van der Waals surface area contributed by atoms with E-state index >= 15 is 0 Å². The molecular formula is C15H12ClN3. The highest BCUT2D eigenvalue weighted by molar-refractivity contribution is 6.24. The monoisotopic (exact) mass is 269 g/mol. The van der Waals surface area contributed by atoms with Gasteiger partial charge in [0.1, 0.15) is 5.82 Å². The number of benzene rings is 2. The third kappa shape index (κ3) is 2.46. The normalized spacial score (nSPS) is 10.4. The van der Waals surface area contributed by atoms with Crippen molar-refractivity contribution >= 4 is 17.5 Å². The summed E-state index contributed by atoms with van der Waals surface area (Å²) < 4.78 is 0. The molecule has 0 saturated heterocycles. The Balaban J connectivity index is 1.97. The molecule has 0 fully saturated rings. The number of imidazole rings is 1. The topological polar surface area (TPSA) is 40.7 Å². The number of H-pyrrole nitrogens is 1. The number of aromatic amines is 1. The van der Waals surface area contributed by atoms with Crippen molar-refractivity contribution in [3.63, 3.8) is 0 Å². The van der Waals surface area contributed by atoms with Crippen molar-refractivity contribution in [1.29, 1.82) is 0 Å². The van der Waals surface area contributed by atoms with Crippen LogP contribution in [0.1, 0.15) is 0 Å². The summed E-state index contributed by atoms with van der Waals surface area (Å²) in [7, 11) is 0. The van der Waals surface area contributed by atoms with Crippen LogP contribution in [0.25, 0.3) is 22.6 Å². The minimum atomic E-state index is 0.826. The molecule has 0 aliphatic heterocycles. The molecule has 0 bridgehead atoms. The summed E-state index contributed by atoms with van der Waals surface area (Å²) >= 11 is 5.61. The van der Waals surface area contributed by atoms with Gasteiger partial charge in [-0.1, -0.05) is 42.5 Å². The van der Waals surface area contributed by atoms with Crippen molar-refractivity contribution in [2.45, 2.75) is 0 Å². The van der Waals surface area contributed by atoms with Gasteiger partial charge in [-0.15, -0.1) is 0 Å². The number of nitrogens with zero attached hydrogens (tertiary/aromatic N) is 1. The van der Waals surface area contributed by atoms with Crippen LogP contribution in [0.3, 0.4) is 0 Å². The Labute approximate surface area is 116 Å². The first-order valence-corrected chi connectivity index (χ1v) is 6.32. The van der Waals surface area contributed by atoms with E-state index in [-0.39, 0.29) is 0 Å². The zero-order valence-corrected chi connectivity index (χ0v) is 10.9. The molecule has 2 N–H and O–H groups in total. The van der Waals surface area contributed by atoms with E-state index in [1.807, 2.05) is 60.8 Å². The Morgan fingerprint density at radius 1 is 0.947 bits per heavy atom. The predicted molar refractivity (Wildman–Crippen MR) is 78.9 cm³/mol. The number of hydrogen-bond donors (Lipinski definition) is 2. The molecule has 4 heteroatoms.